The first-order valence-electron chi connectivity index (χ1n) is 10.0. The highest BCUT2D eigenvalue weighted by Crippen LogP contribution is 2.20. The number of ether oxygens (including phenoxy) is 4. The maximum Gasteiger partial charge on any atom is 0.119 e. The topological polar surface area (TPSA) is 43.5 Å². The summed E-state index contributed by atoms with van der Waals surface area (Å²) in [4.78, 5) is 0. The highest BCUT2D eigenvalue weighted by molar-refractivity contribution is 5.34. The van der Waals surface area contributed by atoms with Crippen LogP contribution >= 0.6 is 0 Å². The molecule has 0 aliphatic carbocycles. The van der Waals surface area contributed by atoms with E-state index >= 15 is 0 Å². The second-order valence-corrected chi connectivity index (χ2v) is 6.00. The summed E-state index contributed by atoms with van der Waals surface area (Å²) in [6.07, 6.45) is 1.49. The molecule has 2 aromatic rings. The lowest BCUT2D eigenvalue weighted by Crippen LogP contribution is -2.04. The van der Waals surface area contributed by atoms with Crippen molar-refractivity contribution in [2.45, 2.75) is 46.3 Å². The lowest BCUT2D eigenvalue weighted by Gasteiger charge is -2.07. The Morgan fingerprint density at radius 2 is 1.00 bits per heavy atom. The van der Waals surface area contributed by atoms with Crippen LogP contribution in [0.15, 0.2) is 48.5 Å². The SMILES string of the molecule is CC.CC.c1cc(OCC2CO2)ccc1Cc1ccc(OCC2CO2)cc1. The van der Waals surface area contributed by atoms with Crippen molar-refractivity contribution in [1.29, 1.82) is 0 Å². The molecule has 2 aliphatic rings. The van der Waals surface area contributed by atoms with E-state index in [1.54, 1.807) is 0 Å². The second-order valence-electron chi connectivity index (χ2n) is 6.00. The van der Waals surface area contributed by atoms with E-state index < -0.39 is 0 Å². The van der Waals surface area contributed by atoms with Crippen molar-refractivity contribution in [3.8, 4) is 11.5 Å². The van der Waals surface area contributed by atoms with Gasteiger partial charge in [-0.2, -0.15) is 0 Å². The molecule has 4 heteroatoms. The fourth-order valence-electron chi connectivity index (χ4n) is 2.35. The molecule has 0 radical (unpaired) electrons. The molecule has 4 rings (SSSR count). The molecule has 0 aromatic heterocycles. The lowest BCUT2D eigenvalue weighted by atomic mass is 10.0. The average molecular weight is 373 g/mol. The van der Waals surface area contributed by atoms with Gasteiger partial charge in [-0.3, -0.25) is 0 Å². The van der Waals surface area contributed by atoms with Gasteiger partial charge in [-0.15, -0.1) is 0 Å². The molecule has 2 atom stereocenters. The van der Waals surface area contributed by atoms with Crippen molar-refractivity contribution >= 4 is 0 Å². The summed E-state index contributed by atoms with van der Waals surface area (Å²) in [5.41, 5.74) is 2.53. The summed E-state index contributed by atoms with van der Waals surface area (Å²) in [5.74, 6) is 1.80. The number of benzene rings is 2. The van der Waals surface area contributed by atoms with Gasteiger partial charge in [0.1, 0.15) is 36.9 Å². The van der Waals surface area contributed by atoms with Crippen molar-refractivity contribution < 1.29 is 18.9 Å². The van der Waals surface area contributed by atoms with E-state index in [-0.39, 0.29) is 0 Å². The highest BCUT2D eigenvalue weighted by Gasteiger charge is 2.23. The molecule has 0 saturated carbocycles. The van der Waals surface area contributed by atoms with Crippen LogP contribution in [0.1, 0.15) is 38.8 Å². The molecule has 0 bridgehead atoms. The van der Waals surface area contributed by atoms with E-state index in [2.05, 4.69) is 24.3 Å². The maximum atomic E-state index is 5.65. The Morgan fingerprint density at radius 1 is 0.667 bits per heavy atom. The van der Waals surface area contributed by atoms with Crippen LogP contribution < -0.4 is 9.47 Å². The van der Waals surface area contributed by atoms with Gasteiger partial charge in [-0.1, -0.05) is 52.0 Å². The molecular weight excluding hydrogens is 340 g/mol. The number of hydrogen-bond acceptors (Lipinski definition) is 4. The minimum Gasteiger partial charge on any atom is -0.491 e. The molecule has 0 N–H and O–H groups in total. The van der Waals surface area contributed by atoms with Crippen LogP contribution in [0, 0.1) is 0 Å². The molecule has 148 valence electrons. The van der Waals surface area contributed by atoms with E-state index in [0.29, 0.717) is 25.4 Å². The second kappa shape index (κ2) is 11.6. The van der Waals surface area contributed by atoms with E-state index in [1.807, 2.05) is 52.0 Å². The Labute approximate surface area is 163 Å². The Hall–Kier alpha value is -2.04. The minimum atomic E-state index is 0.293. The van der Waals surface area contributed by atoms with Gasteiger partial charge in [-0.25, -0.2) is 0 Å². The molecule has 27 heavy (non-hydrogen) atoms. The molecule has 2 saturated heterocycles. The van der Waals surface area contributed by atoms with Gasteiger partial charge in [-0.05, 0) is 41.8 Å². The molecule has 2 fully saturated rings. The first-order valence-corrected chi connectivity index (χ1v) is 10.0. The summed E-state index contributed by atoms with van der Waals surface area (Å²) >= 11 is 0. The average Bonchev–Trinajstić information content (AvgIpc) is 3.65. The zero-order valence-corrected chi connectivity index (χ0v) is 16.9. The molecule has 2 heterocycles. The van der Waals surface area contributed by atoms with Gasteiger partial charge in [0, 0.05) is 0 Å². The van der Waals surface area contributed by atoms with Crippen molar-refractivity contribution in [1.82, 2.24) is 0 Å². The van der Waals surface area contributed by atoms with E-state index in [4.69, 9.17) is 18.9 Å². The van der Waals surface area contributed by atoms with Crippen LogP contribution in [0.5, 0.6) is 11.5 Å². The van der Waals surface area contributed by atoms with E-state index in [9.17, 15) is 0 Å². The smallest absolute Gasteiger partial charge is 0.119 e. The van der Waals surface area contributed by atoms with E-state index in [1.165, 1.54) is 11.1 Å². The van der Waals surface area contributed by atoms with Crippen LogP contribution in [0.4, 0.5) is 0 Å². The molecular formula is C23H32O4. The predicted molar refractivity (Wildman–Crippen MR) is 109 cm³/mol. The zero-order valence-electron chi connectivity index (χ0n) is 16.9. The van der Waals surface area contributed by atoms with Gasteiger partial charge in [0.2, 0.25) is 0 Å². The first-order chi connectivity index (χ1) is 13.3. The number of hydrogen-bond donors (Lipinski definition) is 0. The summed E-state index contributed by atoms with van der Waals surface area (Å²) in [5, 5.41) is 0. The third-order valence-electron chi connectivity index (χ3n) is 3.93. The lowest BCUT2D eigenvalue weighted by molar-refractivity contribution is 0.263. The van der Waals surface area contributed by atoms with Crippen molar-refractivity contribution in [3.05, 3.63) is 59.7 Å². The third kappa shape index (κ3) is 8.02. The van der Waals surface area contributed by atoms with Crippen LogP contribution in [-0.4, -0.2) is 38.6 Å². The molecule has 0 amide bonds. The normalized spacial score (nSPS) is 19.0. The highest BCUT2D eigenvalue weighted by atomic mass is 16.6. The molecule has 2 aromatic carbocycles. The summed E-state index contributed by atoms with van der Waals surface area (Å²) in [6, 6.07) is 16.5. The van der Waals surface area contributed by atoms with Crippen LogP contribution in [0.2, 0.25) is 0 Å². The van der Waals surface area contributed by atoms with Crippen molar-refractivity contribution in [3.63, 3.8) is 0 Å². The fraction of sp³-hybridized carbons (Fsp3) is 0.478. The quantitative estimate of drug-likeness (QED) is 0.619. The molecule has 2 aliphatic heterocycles. The fourth-order valence-corrected chi connectivity index (χ4v) is 2.35. The van der Waals surface area contributed by atoms with Crippen molar-refractivity contribution in [2.24, 2.45) is 0 Å². The summed E-state index contributed by atoms with van der Waals surface area (Å²) in [6.45, 7) is 10.9. The van der Waals surface area contributed by atoms with Crippen molar-refractivity contribution in [2.75, 3.05) is 26.4 Å². The largest absolute Gasteiger partial charge is 0.491 e. The van der Waals surface area contributed by atoms with Crippen LogP contribution in [-0.2, 0) is 15.9 Å². The Kier molecular flexibility index (Phi) is 9.16. The molecule has 2 unspecified atom stereocenters. The van der Waals surface area contributed by atoms with Gasteiger partial charge >= 0.3 is 0 Å². The van der Waals surface area contributed by atoms with Gasteiger partial charge in [0.05, 0.1) is 13.2 Å². The number of rotatable bonds is 8. The minimum absolute atomic E-state index is 0.293. The van der Waals surface area contributed by atoms with Gasteiger partial charge in [0.25, 0.3) is 0 Å². The predicted octanol–water partition coefficient (Wildman–Crippen LogP) is 4.89. The first kappa shape index (κ1) is 21.3. The monoisotopic (exact) mass is 372 g/mol. The zero-order chi connectivity index (χ0) is 19.5. The van der Waals surface area contributed by atoms with Crippen LogP contribution in [0.25, 0.3) is 0 Å². The summed E-state index contributed by atoms with van der Waals surface area (Å²) < 4.78 is 21.6. The Balaban J connectivity index is 0.000000614. The summed E-state index contributed by atoms with van der Waals surface area (Å²) in [7, 11) is 0. The molecule has 0 spiro atoms. The Bertz CT molecular complexity index is 571. The van der Waals surface area contributed by atoms with E-state index in [0.717, 1.165) is 31.1 Å². The Morgan fingerprint density at radius 3 is 1.30 bits per heavy atom. The number of epoxide rings is 2. The standard InChI is InChI=1S/C19H20O4.2C2H6/c1-5-16(20-10-18-12-22-18)6-2-14(1)9-15-3-7-17(8-4-15)21-11-19-13-23-19;2*1-2/h1-8,18-19H,9-13H2;2*1-2H3. The van der Waals surface area contributed by atoms with Gasteiger partial charge in [0.15, 0.2) is 0 Å². The molecule has 4 nitrogen and oxygen atoms in total. The third-order valence-corrected chi connectivity index (χ3v) is 3.93. The van der Waals surface area contributed by atoms with Gasteiger partial charge < -0.3 is 18.9 Å². The maximum absolute atomic E-state index is 5.65. The van der Waals surface area contributed by atoms with Crippen LogP contribution in [0.3, 0.4) is 0 Å².